The summed E-state index contributed by atoms with van der Waals surface area (Å²) in [4.78, 5) is 14.6. The number of nitrogens with zero attached hydrogens (tertiary/aromatic N) is 1. The van der Waals surface area contributed by atoms with Crippen LogP contribution in [0.3, 0.4) is 0 Å². The van der Waals surface area contributed by atoms with Crippen molar-refractivity contribution in [2.75, 3.05) is 0 Å². The molecule has 0 fully saturated rings. The van der Waals surface area contributed by atoms with Crippen LogP contribution in [-0.4, -0.2) is 21.4 Å². The minimum atomic E-state index is -4.46. The Morgan fingerprint density at radius 2 is 2.00 bits per heavy atom. The van der Waals surface area contributed by atoms with Gasteiger partial charge in [0.05, 0.1) is 11.3 Å². The highest BCUT2D eigenvalue weighted by atomic mass is 35.5. The lowest BCUT2D eigenvalue weighted by molar-refractivity contribution is -0.137. The second-order valence-corrected chi connectivity index (χ2v) is 5.05. The fourth-order valence-corrected chi connectivity index (χ4v) is 1.79. The Kier molecular flexibility index (Phi) is 4.79. The maximum absolute atomic E-state index is 12.5. The largest absolute Gasteiger partial charge is 0.504 e. The predicted molar refractivity (Wildman–Crippen MR) is 77.3 cm³/mol. The van der Waals surface area contributed by atoms with Crippen molar-refractivity contribution in [2.45, 2.75) is 19.2 Å². The van der Waals surface area contributed by atoms with Gasteiger partial charge in [0.25, 0.3) is 5.24 Å². The first-order valence-electron chi connectivity index (χ1n) is 6.41. The van der Waals surface area contributed by atoms with E-state index in [9.17, 15) is 23.1 Å². The lowest BCUT2D eigenvalue weighted by atomic mass is 10.1. The quantitative estimate of drug-likeness (QED) is 0.851. The highest BCUT2D eigenvalue weighted by Crippen LogP contribution is 2.33. The summed E-state index contributed by atoms with van der Waals surface area (Å²) >= 11 is 5.26. The lowest BCUT2D eigenvalue weighted by Gasteiger charge is -2.13. The van der Waals surface area contributed by atoms with E-state index in [4.69, 9.17) is 16.3 Å². The highest BCUT2D eigenvalue weighted by molar-refractivity contribution is 6.64. The van der Waals surface area contributed by atoms with Crippen LogP contribution in [0.4, 0.5) is 13.2 Å². The van der Waals surface area contributed by atoms with Crippen LogP contribution in [0.15, 0.2) is 36.5 Å². The topological polar surface area (TPSA) is 59.4 Å². The third kappa shape index (κ3) is 4.13. The second-order valence-electron chi connectivity index (χ2n) is 4.68. The van der Waals surface area contributed by atoms with Crippen LogP contribution in [0.25, 0.3) is 11.3 Å². The Morgan fingerprint density at radius 3 is 2.48 bits per heavy atom. The Bertz CT molecular complexity index is 717. The summed E-state index contributed by atoms with van der Waals surface area (Å²) in [6.07, 6.45) is -4.70. The van der Waals surface area contributed by atoms with Gasteiger partial charge in [-0.2, -0.15) is 13.2 Å². The summed E-state index contributed by atoms with van der Waals surface area (Å²) in [5.74, 6) is -0.254. The van der Waals surface area contributed by atoms with Crippen LogP contribution in [0.1, 0.15) is 12.5 Å². The van der Waals surface area contributed by atoms with Crippen LogP contribution < -0.4 is 4.74 Å². The van der Waals surface area contributed by atoms with Gasteiger partial charge in [-0.25, -0.2) is 0 Å². The Balaban J connectivity index is 2.25. The number of phenols is 1. The molecule has 122 valence electrons. The Hall–Kier alpha value is -2.28. The number of halogens is 4. The summed E-state index contributed by atoms with van der Waals surface area (Å²) in [7, 11) is 0. The fourth-order valence-electron chi connectivity index (χ4n) is 1.75. The van der Waals surface area contributed by atoms with E-state index in [1.807, 2.05) is 0 Å². The molecule has 23 heavy (non-hydrogen) atoms. The molecule has 0 saturated carbocycles. The number of benzene rings is 1. The van der Waals surface area contributed by atoms with Crippen molar-refractivity contribution in [3.8, 4) is 22.8 Å². The molecule has 2 aromatic rings. The number of hydrogen-bond acceptors (Lipinski definition) is 4. The van der Waals surface area contributed by atoms with Crippen molar-refractivity contribution in [1.29, 1.82) is 0 Å². The highest BCUT2D eigenvalue weighted by Gasteiger charge is 2.30. The average molecular weight is 346 g/mol. The first-order chi connectivity index (χ1) is 10.7. The molecule has 1 aromatic carbocycles. The van der Waals surface area contributed by atoms with E-state index in [1.54, 1.807) is 0 Å². The van der Waals surface area contributed by atoms with Crippen molar-refractivity contribution in [2.24, 2.45) is 0 Å². The van der Waals surface area contributed by atoms with E-state index in [0.717, 1.165) is 6.07 Å². The first-order valence-corrected chi connectivity index (χ1v) is 6.79. The molecule has 1 aromatic heterocycles. The molecule has 0 aliphatic heterocycles. The van der Waals surface area contributed by atoms with Crippen molar-refractivity contribution in [3.05, 3.63) is 42.1 Å². The van der Waals surface area contributed by atoms with E-state index < -0.39 is 23.1 Å². The third-order valence-corrected chi connectivity index (χ3v) is 3.28. The van der Waals surface area contributed by atoms with Gasteiger partial charge in [-0.1, -0.05) is 0 Å². The van der Waals surface area contributed by atoms with Crippen LogP contribution in [-0.2, 0) is 11.0 Å². The van der Waals surface area contributed by atoms with E-state index in [-0.39, 0.29) is 17.2 Å². The maximum Gasteiger partial charge on any atom is 0.417 e. The SMILES string of the molecule is CC(Oc1ccc(-c2ccc(C(F)(F)F)cn2)cc1O)C(=O)Cl. The summed E-state index contributed by atoms with van der Waals surface area (Å²) in [6.45, 7) is 1.42. The van der Waals surface area contributed by atoms with Crippen LogP contribution in [0.2, 0.25) is 0 Å². The summed E-state index contributed by atoms with van der Waals surface area (Å²) in [5.41, 5.74) is -0.213. The van der Waals surface area contributed by atoms with Gasteiger partial charge < -0.3 is 9.84 Å². The predicted octanol–water partition coefficient (Wildman–Crippen LogP) is 4.01. The number of aromatic nitrogens is 1. The molecule has 1 N–H and O–H groups in total. The number of aromatic hydroxyl groups is 1. The molecule has 1 heterocycles. The molecule has 4 nitrogen and oxygen atoms in total. The van der Waals surface area contributed by atoms with Crippen molar-refractivity contribution in [1.82, 2.24) is 4.98 Å². The van der Waals surface area contributed by atoms with Gasteiger partial charge in [-0.05, 0) is 48.9 Å². The number of carbonyl (C=O) groups excluding carboxylic acids is 1. The van der Waals surface area contributed by atoms with Crippen molar-refractivity contribution in [3.63, 3.8) is 0 Å². The van der Waals surface area contributed by atoms with Crippen LogP contribution >= 0.6 is 11.6 Å². The minimum absolute atomic E-state index is 0.0298. The Morgan fingerprint density at radius 1 is 1.30 bits per heavy atom. The third-order valence-electron chi connectivity index (χ3n) is 2.97. The zero-order chi connectivity index (χ0) is 17.2. The molecule has 0 saturated heterocycles. The van der Waals surface area contributed by atoms with Crippen molar-refractivity contribution < 1.29 is 27.8 Å². The number of pyridine rings is 1. The molecule has 0 spiro atoms. The number of hydrogen-bond donors (Lipinski definition) is 1. The van der Waals surface area contributed by atoms with E-state index in [2.05, 4.69) is 4.98 Å². The molecule has 0 radical (unpaired) electrons. The molecule has 1 atom stereocenters. The lowest BCUT2D eigenvalue weighted by Crippen LogP contribution is -2.18. The molecule has 2 rings (SSSR count). The second kappa shape index (κ2) is 6.45. The Labute approximate surface area is 134 Å². The van der Waals surface area contributed by atoms with E-state index >= 15 is 0 Å². The van der Waals surface area contributed by atoms with Gasteiger partial charge in [-0.15, -0.1) is 0 Å². The monoisotopic (exact) mass is 345 g/mol. The number of ether oxygens (including phenoxy) is 1. The normalized spacial score (nSPS) is 12.7. The number of phenolic OH excluding ortho intramolecular Hbond substituents is 1. The average Bonchev–Trinajstić information content (AvgIpc) is 2.48. The maximum atomic E-state index is 12.5. The number of alkyl halides is 3. The molecular weight excluding hydrogens is 335 g/mol. The molecule has 0 aliphatic carbocycles. The van der Waals surface area contributed by atoms with Crippen LogP contribution in [0, 0.1) is 0 Å². The fraction of sp³-hybridized carbons (Fsp3) is 0.200. The number of rotatable bonds is 4. The van der Waals surface area contributed by atoms with Gasteiger partial charge in [0.1, 0.15) is 0 Å². The van der Waals surface area contributed by atoms with Gasteiger partial charge in [0.15, 0.2) is 17.6 Å². The molecule has 0 aliphatic rings. The molecule has 8 heteroatoms. The first kappa shape index (κ1) is 17.1. The smallest absolute Gasteiger partial charge is 0.417 e. The molecule has 1 unspecified atom stereocenters. The van der Waals surface area contributed by atoms with Crippen LogP contribution in [0.5, 0.6) is 11.5 Å². The van der Waals surface area contributed by atoms with E-state index in [0.29, 0.717) is 11.8 Å². The molecule has 0 amide bonds. The molecule has 0 bridgehead atoms. The van der Waals surface area contributed by atoms with E-state index in [1.165, 1.54) is 31.2 Å². The van der Waals surface area contributed by atoms with Crippen molar-refractivity contribution >= 4 is 16.8 Å². The summed E-state index contributed by atoms with van der Waals surface area (Å²) in [5, 5.41) is 9.16. The van der Waals surface area contributed by atoms with Gasteiger partial charge in [0, 0.05) is 11.8 Å². The van der Waals surface area contributed by atoms with Gasteiger partial charge in [0.2, 0.25) is 0 Å². The van der Waals surface area contributed by atoms with Gasteiger partial charge >= 0.3 is 6.18 Å². The zero-order valence-electron chi connectivity index (χ0n) is 11.8. The zero-order valence-corrected chi connectivity index (χ0v) is 12.5. The summed E-state index contributed by atoms with van der Waals surface area (Å²) in [6, 6.07) is 6.24. The standard InChI is InChI=1S/C15H11ClF3NO3/c1-8(14(16)22)23-13-5-2-9(6-12(13)21)11-4-3-10(7-20-11)15(17,18)19/h2-8,21H,1H3. The minimum Gasteiger partial charge on any atom is -0.504 e. The number of carbonyl (C=O) groups is 1. The molecular formula is C15H11ClF3NO3. The summed E-state index contributed by atoms with van der Waals surface area (Å²) < 4.78 is 42.6. The van der Waals surface area contributed by atoms with Gasteiger partial charge in [-0.3, -0.25) is 9.78 Å².